The molecule has 9 heteroatoms. The van der Waals surface area contributed by atoms with E-state index in [-0.39, 0.29) is 35.1 Å². The predicted molar refractivity (Wildman–Crippen MR) is 139 cm³/mol. The van der Waals surface area contributed by atoms with Crippen molar-refractivity contribution in [2.24, 2.45) is 0 Å². The molecular weight excluding hydrogens is 495 g/mol. The Balaban J connectivity index is 1.61. The zero-order valence-corrected chi connectivity index (χ0v) is 21.1. The molecule has 1 aliphatic heterocycles. The van der Waals surface area contributed by atoms with Crippen molar-refractivity contribution in [3.63, 3.8) is 0 Å². The van der Waals surface area contributed by atoms with Crippen molar-refractivity contribution < 1.29 is 27.2 Å². The third-order valence-corrected chi connectivity index (χ3v) is 7.26. The SMILES string of the molecule is CCN(CC)c1ccc(C2CC(=O)C3=C(C2)Nc2ccccc2N(C(=O)C(F)(F)F)C3c2ccco2)cc1. The number of hydrogen-bond acceptors (Lipinski definition) is 5. The molecule has 2 aromatic carbocycles. The molecule has 0 fully saturated rings. The molecule has 3 aromatic rings. The number of anilines is 3. The van der Waals surface area contributed by atoms with Crippen molar-refractivity contribution in [2.75, 3.05) is 28.2 Å². The van der Waals surface area contributed by atoms with Crippen LogP contribution in [0.15, 0.2) is 82.6 Å². The third-order valence-electron chi connectivity index (χ3n) is 7.26. The van der Waals surface area contributed by atoms with Gasteiger partial charge in [0, 0.05) is 36.5 Å². The number of halogens is 3. The smallest absolute Gasteiger partial charge is 0.467 e. The van der Waals surface area contributed by atoms with Crippen LogP contribution >= 0.6 is 0 Å². The lowest BCUT2D eigenvalue weighted by Crippen LogP contribution is -2.45. The van der Waals surface area contributed by atoms with Crippen LogP contribution in [0.4, 0.5) is 30.2 Å². The first-order valence-electron chi connectivity index (χ1n) is 12.6. The molecule has 1 aliphatic carbocycles. The second kappa shape index (κ2) is 10.0. The maximum absolute atomic E-state index is 13.9. The number of Topliss-reactive ketones (excluding diaryl/α,β-unsaturated/α-hetero) is 1. The quantitative estimate of drug-likeness (QED) is 0.409. The van der Waals surface area contributed by atoms with Gasteiger partial charge in [-0.25, -0.2) is 0 Å². The summed E-state index contributed by atoms with van der Waals surface area (Å²) in [5.41, 5.74) is 3.00. The second-order valence-corrected chi connectivity index (χ2v) is 9.42. The number of rotatable bonds is 5. The highest BCUT2D eigenvalue weighted by molar-refractivity contribution is 6.07. The van der Waals surface area contributed by atoms with Crippen LogP contribution in [0.5, 0.6) is 0 Å². The van der Waals surface area contributed by atoms with Crippen molar-refractivity contribution in [3.05, 3.63) is 89.5 Å². The molecule has 1 aromatic heterocycles. The summed E-state index contributed by atoms with van der Waals surface area (Å²) in [7, 11) is 0. The van der Waals surface area contributed by atoms with Crippen molar-refractivity contribution >= 4 is 28.8 Å². The summed E-state index contributed by atoms with van der Waals surface area (Å²) in [6.45, 7) is 5.92. The lowest BCUT2D eigenvalue weighted by atomic mass is 9.79. The highest BCUT2D eigenvalue weighted by Gasteiger charge is 2.50. The van der Waals surface area contributed by atoms with E-state index in [0.29, 0.717) is 22.7 Å². The molecule has 0 saturated carbocycles. The van der Waals surface area contributed by atoms with E-state index in [1.807, 2.05) is 24.3 Å². The van der Waals surface area contributed by atoms with Crippen molar-refractivity contribution in [2.45, 2.75) is 44.8 Å². The molecule has 2 aliphatic rings. The first-order chi connectivity index (χ1) is 18.2. The van der Waals surface area contributed by atoms with E-state index in [9.17, 15) is 22.8 Å². The number of allylic oxidation sites excluding steroid dienone is 1. The summed E-state index contributed by atoms with van der Waals surface area (Å²) in [5.74, 6) is -2.48. The van der Waals surface area contributed by atoms with E-state index in [2.05, 4.69) is 24.1 Å². The molecule has 0 bridgehead atoms. The minimum atomic E-state index is -5.16. The number of nitrogens with zero attached hydrogens (tertiary/aromatic N) is 2. The van der Waals surface area contributed by atoms with Crippen LogP contribution in [0.3, 0.4) is 0 Å². The van der Waals surface area contributed by atoms with Gasteiger partial charge in [0.1, 0.15) is 11.8 Å². The fourth-order valence-corrected chi connectivity index (χ4v) is 5.45. The molecule has 2 unspecified atom stereocenters. The molecule has 198 valence electrons. The second-order valence-electron chi connectivity index (χ2n) is 9.42. The average Bonchev–Trinajstić information content (AvgIpc) is 3.38. The number of para-hydroxylation sites is 2. The fraction of sp³-hybridized carbons (Fsp3) is 0.310. The zero-order chi connectivity index (χ0) is 27.0. The molecule has 0 saturated heterocycles. The Bertz CT molecular complexity index is 1360. The Kier molecular flexibility index (Phi) is 6.77. The predicted octanol–water partition coefficient (Wildman–Crippen LogP) is 6.59. The first-order valence-corrected chi connectivity index (χ1v) is 12.6. The lowest BCUT2D eigenvalue weighted by molar-refractivity contribution is -0.171. The van der Waals surface area contributed by atoms with Crippen LogP contribution in [0.2, 0.25) is 0 Å². The Morgan fingerprint density at radius 2 is 1.74 bits per heavy atom. The topological polar surface area (TPSA) is 65.8 Å². The Morgan fingerprint density at radius 3 is 2.37 bits per heavy atom. The van der Waals surface area contributed by atoms with E-state index < -0.39 is 18.1 Å². The molecule has 38 heavy (non-hydrogen) atoms. The molecule has 1 N–H and O–H groups in total. The summed E-state index contributed by atoms with van der Waals surface area (Å²) < 4.78 is 47.1. The summed E-state index contributed by atoms with van der Waals surface area (Å²) >= 11 is 0. The van der Waals surface area contributed by atoms with Gasteiger partial charge in [-0.3, -0.25) is 14.5 Å². The van der Waals surface area contributed by atoms with E-state index in [1.165, 1.54) is 24.5 Å². The molecule has 6 nitrogen and oxygen atoms in total. The molecule has 0 radical (unpaired) electrons. The number of carbonyl (C=O) groups is 2. The lowest BCUT2D eigenvalue weighted by Gasteiger charge is -2.34. The summed E-state index contributed by atoms with van der Waals surface area (Å²) in [6, 6.07) is 16.0. The van der Waals surface area contributed by atoms with E-state index in [1.54, 1.807) is 18.2 Å². The van der Waals surface area contributed by atoms with E-state index in [4.69, 9.17) is 4.42 Å². The number of furan rings is 1. The van der Waals surface area contributed by atoms with Crippen molar-refractivity contribution in [1.82, 2.24) is 0 Å². The monoisotopic (exact) mass is 523 g/mol. The van der Waals surface area contributed by atoms with Crippen molar-refractivity contribution in [1.29, 1.82) is 0 Å². The number of carbonyl (C=O) groups excluding carboxylic acids is 2. The normalized spacial score (nSPS) is 19.4. The summed E-state index contributed by atoms with van der Waals surface area (Å²) in [4.78, 5) is 29.4. The first kappa shape index (κ1) is 25.6. The minimum Gasteiger partial charge on any atom is -0.467 e. The maximum Gasteiger partial charge on any atom is 0.471 e. The van der Waals surface area contributed by atoms with Gasteiger partial charge in [0.05, 0.1) is 17.6 Å². The number of ketones is 1. The molecular formula is C29H28F3N3O3. The summed E-state index contributed by atoms with van der Waals surface area (Å²) in [6.07, 6.45) is -3.34. The van der Waals surface area contributed by atoms with Gasteiger partial charge in [-0.05, 0) is 68.1 Å². The van der Waals surface area contributed by atoms with Crippen LogP contribution in [-0.2, 0) is 9.59 Å². The van der Waals surface area contributed by atoms with E-state index in [0.717, 1.165) is 24.3 Å². The van der Waals surface area contributed by atoms with Gasteiger partial charge in [0.2, 0.25) is 0 Å². The number of hydrogen-bond donors (Lipinski definition) is 1. The van der Waals surface area contributed by atoms with Gasteiger partial charge in [-0.1, -0.05) is 24.3 Å². The van der Waals surface area contributed by atoms with Crippen LogP contribution in [-0.4, -0.2) is 31.0 Å². The van der Waals surface area contributed by atoms with Crippen LogP contribution in [0.1, 0.15) is 50.0 Å². The van der Waals surface area contributed by atoms with Gasteiger partial charge in [0.15, 0.2) is 5.78 Å². The van der Waals surface area contributed by atoms with Crippen LogP contribution < -0.4 is 15.1 Å². The van der Waals surface area contributed by atoms with Gasteiger partial charge < -0.3 is 14.6 Å². The van der Waals surface area contributed by atoms with Gasteiger partial charge in [-0.2, -0.15) is 13.2 Å². The number of fused-ring (bicyclic) bond motifs is 1. The molecule has 0 spiro atoms. The number of benzene rings is 2. The largest absolute Gasteiger partial charge is 0.471 e. The van der Waals surface area contributed by atoms with Gasteiger partial charge in [-0.15, -0.1) is 0 Å². The molecule has 1 amide bonds. The number of alkyl halides is 3. The Hall–Kier alpha value is -4.01. The Morgan fingerprint density at radius 1 is 1.03 bits per heavy atom. The van der Waals surface area contributed by atoms with Gasteiger partial charge >= 0.3 is 12.1 Å². The van der Waals surface area contributed by atoms with Crippen LogP contribution in [0, 0.1) is 0 Å². The average molecular weight is 524 g/mol. The fourth-order valence-electron chi connectivity index (χ4n) is 5.45. The molecule has 2 heterocycles. The standard InChI is InChI=1S/C29H28F3N3O3/c1-3-34(4-2)20-13-11-18(12-14-20)19-16-22-26(24(36)17-19)27(25-10-7-15-38-25)35(28(37)29(30,31)32)23-9-6-5-8-21(23)33-22/h5-15,19,27,33H,3-4,16-17H2,1-2H3. The number of nitrogens with one attached hydrogen (secondary N) is 1. The van der Waals surface area contributed by atoms with Crippen molar-refractivity contribution in [3.8, 4) is 0 Å². The van der Waals surface area contributed by atoms with Crippen LogP contribution in [0.25, 0.3) is 0 Å². The summed E-state index contributed by atoms with van der Waals surface area (Å²) in [5, 5.41) is 3.22. The highest BCUT2D eigenvalue weighted by Crippen LogP contribution is 2.48. The minimum absolute atomic E-state index is 0.0264. The number of amides is 1. The third kappa shape index (κ3) is 4.57. The zero-order valence-electron chi connectivity index (χ0n) is 21.1. The van der Waals surface area contributed by atoms with Gasteiger partial charge in [0.25, 0.3) is 0 Å². The van der Waals surface area contributed by atoms with E-state index >= 15 is 0 Å². The molecule has 5 rings (SSSR count). The highest BCUT2D eigenvalue weighted by atomic mass is 19.4. The molecule has 2 atom stereocenters. The Labute approximate surface area is 218 Å². The maximum atomic E-state index is 13.9.